The molecule has 1 aromatic heterocycles. The van der Waals surface area contributed by atoms with E-state index in [9.17, 15) is 4.79 Å². The van der Waals surface area contributed by atoms with Crippen LogP contribution in [0, 0.1) is 5.41 Å². The van der Waals surface area contributed by atoms with Crippen molar-refractivity contribution in [2.24, 2.45) is 0 Å². The number of anilines is 1. The first kappa shape index (κ1) is 17.1. The van der Waals surface area contributed by atoms with Crippen LogP contribution in [0.1, 0.15) is 11.3 Å². The van der Waals surface area contributed by atoms with Crippen molar-refractivity contribution < 1.29 is 14.6 Å². The lowest BCUT2D eigenvalue weighted by Gasteiger charge is -2.12. The molecule has 0 aliphatic heterocycles. The smallest absolute Gasteiger partial charge is 0.356 e. The van der Waals surface area contributed by atoms with Crippen LogP contribution >= 0.6 is 23.2 Å². The second kappa shape index (κ2) is 7.30. The molecule has 120 valence electrons. The van der Waals surface area contributed by atoms with E-state index in [1.165, 1.54) is 7.11 Å². The summed E-state index contributed by atoms with van der Waals surface area (Å²) in [6.45, 7) is 0.323. The summed E-state index contributed by atoms with van der Waals surface area (Å²) >= 11 is 11.9. The highest BCUT2D eigenvalue weighted by Gasteiger charge is 2.17. The van der Waals surface area contributed by atoms with E-state index < -0.39 is 11.7 Å². The summed E-state index contributed by atoms with van der Waals surface area (Å²) in [5.41, 5.74) is 0.527. The molecule has 0 radical (unpaired) electrons. The standard InChI is InChI=1S/C15H13Cl2N3O3/c1-23-12-5-4-11(14(20-12)13(18)15(21)22)19-7-8-2-3-9(16)6-10(8)17/h2-6,18-19H,7H2,1H3,(H,21,22). The fourth-order valence-electron chi connectivity index (χ4n) is 1.84. The molecule has 1 heterocycles. The average Bonchev–Trinajstić information content (AvgIpc) is 2.53. The van der Waals surface area contributed by atoms with Crippen LogP contribution in [0.15, 0.2) is 30.3 Å². The number of hydrogen-bond acceptors (Lipinski definition) is 5. The molecule has 2 rings (SSSR count). The molecule has 0 amide bonds. The van der Waals surface area contributed by atoms with Crippen molar-refractivity contribution in [3.63, 3.8) is 0 Å². The number of nitrogens with one attached hydrogen (secondary N) is 2. The Labute approximate surface area is 142 Å². The zero-order valence-electron chi connectivity index (χ0n) is 12.1. The van der Waals surface area contributed by atoms with Crippen LogP contribution in [0.2, 0.25) is 10.0 Å². The summed E-state index contributed by atoms with van der Waals surface area (Å²) in [6.07, 6.45) is 0. The molecule has 0 spiro atoms. The van der Waals surface area contributed by atoms with Gasteiger partial charge >= 0.3 is 5.97 Å². The van der Waals surface area contributed by atoms with Crippen LogP contribution in [-0.4, -0.2) is 28.9 Å². The topological polar surface area (TPSA) is 95.3 Å². The van der Waals surface area contributed by atoms with Gasteiger partial charge in [-0.15, -0.1) is 0 Å². The molecule has 6 nitrogen and oxygen atoms in total. The van der Waals surface area contributed by atoms with Crippen LogP contribution < -0.4 is 10.1 Å². The van der Waals surface area contributed by atoms with Gasteiger partial charge < -0.3 is 15.2 Å². The third kappa shape index (κ3) is 4.12. The Morgan fingerprint density at radius 3 is 2.70 bits per heavy atom. The molecule has 0 saturated heterocycles. The van der Waals surface area contributed by atoms with Gasteiger partial charge in [0.15, 0.2) is 5.71 Å². The quantitative estimate of drug-likeness (QED) is 0.691. The molecule has 1 aromatic carbocycles. The largest absolute Gasteiger partial charge is 0.481 e. The Morgan fingerprint density at radius 2 is 2.09 bits per heavy atom. The maximum Gasteiger partial charge on any atom is 0.356 e. The molecule has 3 N–H and O–H groups in total. The van der Waals surface area contributed by atoms with E-state index in [-0.39, 0.29) is 11.6 Å². The maximum absolute atomic E-state index is 11.0. The Hall–Kier alpha value is -2.31. The zero-order chi connectivity index (χ0) is 17.0. The molecule has 0 saturated carbocycles. The van der Waals surface area contributed by atoms with Crippen LogP contribution in [0.5, 0.6) is 5.88 Å². The molecule has 8 heteroatoms. The Balaban J connectivity index is 2.28. The number of carbonyl (C=O) groups is 1. The number of ether oxygens (including phenoxy) is 1. The summed E-state index contributed by atoms with van der Waals surface area (Å²) in [5.74, 6) is -1.15. The number of halogens is 2. The number of hydrogen-bond donors (Lipinski definition) is 3. The SMILES string of the molecule is COc1ccc(NCc2ccc(Cl)cc2Cl)c(C(=N)C(=O)O)n1. The van der Waals surface area contributed by atoms with Gasteiger partial charge in [-0.05, 0) is 23.8 Å². The first-order valence-electron chi connectivity index (χ1n) is 6.47. The van der Waals surface area contributed by atoms with Gasteiger partial charge in [0.25, 0.3) is 0 Å². The van der Waals surface area contributed by atoms with E-state index in [1.807, 2.05) is 0 Å². The fourth-order valence-corrected chi connectivity index (χ4v) is 2.32. The number of aromatic nitrogens is 1. The monoisotopic (exact) mass is 353 g/mol. The number of nitrogens with zero attached hydrogens (tertiary/aromatic N) is 1. The van der Waals surface area contributed by atoms with E-state index in [0.717, 1.165) is 5.56 Å². The Bertz CT molecular complexity index is 766. The minimum absolute atomic E-state index is 0.0121. The van der Waals surface area contributed by atoms with Gasteiger partial charge in [0.2, 0.25) is 5.88 Å². The van der Waals surface area contributed by atoms with Crippen LogP contribution in [-0.2, 0) is 11.3 Å². The molecule has 2 aromatic rings. The van der Waals surface area contributed by atoms with Crippen LogP contribution in [0.25, 0.3) is 0 Å². The van der Waals surface area contributed by atoms with Crippen molar-refractivity contribution in [2.75, 3.05) is 12.4 Å². The summed E-state index contributed by atoms with van der Waals surface area (Å²) in [7, 11) is 1.41. The normalized spacial score (nSPS) is 10.2. The first-order chi connectivity index (χ1) is 10.9. The van der Waals surface area contributed by atoms with E-state index in [0.29, 0.717) is 22.3 Å². The summed E-state index contributed by atoms with van der Waals surface area (Å²) < 4.78 is 4.97. The van der Waals surface area contributed by atoms with Crippen molar-refractivity contribution in [3.8, 4) is 5.88 Å². The van der Waals surface area contributed by atoms with Crippen LogP contribution in [0.3, 0.4) is 0 Å². The Kier molecular flexibility index (Phi) is 5.41. The number of carboxylic acids is 1. The molecule has 0 bridgehead atoms. The minimum Gasteiger partial charge on any atom is -0.481 e. The average molecular weight is 354 g/mol. The Morgan fingerprint density at radius 1 is 1.35 bits per heavy atom. The van der Waals surface area contributed by atoms with Gasteiger partial charge in [-0.3, -0.25) is 5.41 Å². The number of benzene rings is 1. The van der Waals surface area contributed by atoms with E-state index in [1.54, 1.807) is 30.3 Å². The van der Waals surface area contributed by atoms with Gasteiger partial charge in [-0.25, -0.2) is 9.78 Å². The number of aliphatic carboxylic acids is 1. The number of pyridine rings is 1. The summed E-state index contributed by atoms with van der Waals surface area (Å²) in [4.78, 5) is 15.1. The van der Waals surface area contributed by atoms with Crippen molar-refractivity contribution >= 4 is 40.6 Å². The first-order valence-corrected chi connectivity index (χ1v) is 7.23. The van der Waals surface area contributed by atoms with Gasteiger partial charge in [-0.2, -0.15) is 0 Å². The van der Waals surface area contributed by atoms with E-state index >= 15 is 0 Å². The predicted molar refractivity (Wildman–Crippen MR) is 89.0 cm³/mol. The maximum atomic E-state index is 11.0. The van der Waals surface area contributed by atoms with Crippen molar-refractivity contribution in [2.45, 2.75) is 6.54 Å². The molecule has 0 fully saturated rings. The molecular weight excluding hydrogens is 341 g/mol. The highest BCUT2D eigenvalue weighted by Crippen LogP contribution is 2.24. The predicted octanol–water partition coefficient (Wildman–Crippen LogP) is 3.46. The molecule has 23 heavy (non-hydrogen) atoms. The minimum atomic E-state index is -1.38. The third-order valence-electron chi connectivity index (χ3n) is 3.01. The van der Waals surface area contributed by atoms with Gasteiger partial charge in [0.1, 0.15) is 5.69 Å². The lowest BCUT2D eigenvalue weighted by atomic mass is 10.1. The number of rotatable bonds is 6. The van der Waals surface area contributed by atoms with Gasteiger partial charge in [0.05, 0.1) is 12.8 Å². The second-order valence-corrected chi connectivity index (χ2v) is 5.36. The molecule has 0 unspecified atom stereocenters. The highest BCUT2D eigenvalue weighted by atomic mass is 35.5. The second-order valence-electron chi connectivity index (χ2n) is 4.52. The molecule has 0 aliphatic carbocycles. The van der Waals surface area contributed by atoms with Crippen molar-refractivity contribution in [1.29, 1.82) is 5.41 Å². The molecule has 0 atom stereocenters. The summed E-state index contributed by atoms with van der Waals surface area (Å²) in [6, 6.07) is 8.26. The van der Waals surface area contributed by atoms with Crippen LogP contribution in [0.4, 0.5) is 5.69 Å². The number of carboxylic acid groups (broad SMARTS) is 1. The highest BCUT2D eigenvalue weighted by molar-refractivity contribution is 6.41. The van der Waals surface area contributed by atoms with Crippen molar-refractivity contribution in [3.05, 3.63) is 51.6 Å². The molecular formula is C15H13Cl2N3O3. The number of methoxy groups -OCH3 is 1. The third-order valence-corrected chi connectivity index (χ3v) is 3.60. The van der Waals surface area contributed by atoms with Gasteiger partial charge in [-0.1, -0.05) is 29.3 Å². The van der Waals surface area contributed by atoms with E-state index in [4.69, 9.17) is 38.5 Å². The summed E-state index contributed by atoms with van der Waals surface area (Å²) in [5, 5.41) is 20.7. The molecule has 0 aliphatic rings. The van der Waals surface area contributed by atoms with E-state index in [2.05, 4.69) is 10.3 Å². The lowest BCUT2D eigenvalue weighted by Crippen LogP contribution is -2.17. The fraction of sp³-hybridized carbons (Fsp3) is 0.133. The lowest BCUT2D eigenvalue weighted by molar-refractivity contribution is -0.129. The van der Waals surface area contributed by atoms with Crippen molar-refractivity contribution in [1.82, 2.24) is 4.98 Å². The van der Waals surface area contributed by atoms with Gasteiger partial charge in [0, 0.05) is 22.7 Å². The zero-order valence-corrected chi connectivity index (χ0v) is 13.6.